The van der Waals surface area contributed by atoms with Gasteiger partial charge >= 0.3 is 0 Å². The van der Waals surface area contributed by atoms with Crippen LogP contribution < -0.4 is 14.8 Å². The van der Waals surface area contributed by atoms with Crippen LogP contribution in [-0.4, -0.2) is 12.1 Å². The second-order valence-electron chi connectivity index (χ2n) is 5.90. The van der Waals surface area contributed by atoms with E-state index in [0.717, 1.165) is 16.8 Å². The van der Waals surface area contributed by atoms with Gasteiger partial charge in [-0.3, -0.25) is 4.98 Å². The van der Waals surface area contributed by atoms with Gasteiger partial charge in [0.15, 0.2) is 11.5 Å². The lowest BCUT2D eigenvalue weighted by Gasteiger charge is -2.15. The van der Waals surface area contributed by atoms with Gasteiger partial charge in [0.1, 0.15) is 6.61 Å². The van der Waals surface area contributed by atoms with Gasteiger partial charge in [0.05, 0.1) is 12.8 Å². The highest BCUT2D eigenvalue weighted by atomic mass is 35.5. The lowest BCUT2D eigenvalue weighted by atomic mass is 10.2. The largest absolute Gasteiger partial charge is 0.493 e. The van der Waals surface area contributed by atoms with E-state index in [0.29, 0.717) is 41.2 Å². The zero-order valence-corrected chi connectivity index (χ0v) is 16.4. The Balaban J connectivity index is 1.66. The fourth-order valence-electron chi connectivity index (χ4n) is 2.58. The number of rotatable bonds is 8. The number of aromatic nitrogens is 1. The highest BCUT2D eigenvalue weighted by molar-refractivity contribution is 6.31. The van der Waals surface area contributed by atoms with Gasteiger partial charge in [-0.2, -0.15) is 0 Å². The Morgan fingerprint density at radius 2 is 1.70 bits per heavy atom. The maximum absolute atomic E-state index is 6.44. The minimum absolute atomic E-state index is 0.337. The maximum atomic E-state index is 6.44. The van der Waals surface area contributed by atoms with Gasteiger partial charge in [0.25, 0.3) is 0 Å². The lowest BCUT2D eigenvalue weighted by Crippen LogP contribution is -2.14. The zero-order chi connectivity index (χ0) is 19.1. The van der Waals surface area contributed by atoms with E-state index < -0.39 is 0 Å². The first-order valence-electron chi connectivity index (χ1n) is 8.50. The first-order chi connectivity index (χ1) is 13.2. The number of nitrogens with zero attached hydrogens (tertiary/aromatic N) is 1. The van der Waals surface area contributed by atoms with Gasteiger partial charge in [-0.15, -0.1) is 0 Å². The van der Waals surface area contributed by atoms with Crippen molar-refractivity contribution in [2.75, 3.05) is 7.11 Å². The summed E-state index contributed by atoms with van der Waals surface area (Å²) in [6.07, 6.45) is 1.78. The van der Waals surface area contributed by atoms with Crippen molar-refractivity contribution < 1.29 is 9.47 Å². The van der Waals surface area contributed by atoms with Crippen molar-refractivity contribution >= 4 is 23.2 Å². The van der Waals surface area contributed by atoms with E-state index in [1.807, 2.05) is 48.5 Å². The quantitative estimate of drug-likeness (QED) is 0.557. The summed E-state index contributed by atoms with van der Waals surface area (Å²) in [4.78, 5) is 4.29. The first kappa shape index (κ1) is 19.5. The molecule has 0 unspecified atom stereocenters. The molecule has 1 aromatic heterocycles. The molecule has 1 heterocycles. The molecule has 2 aromatic carbocycles. The van der Waals surface area contributed by atoms with Gasteiger partial charge in [-0.25, -0.2) is 0 Å². The van der Waals surface area contributed by atoms with Gasteiger partial charge < -0.3 is 14.8 Å². The molecule has 3 aromatic rings. The van der Waals surface area contributed by atoms with E-state index in [-0.39, 0.29) is 0 Å². The van der Waals surface area contributed by atoms with Crippen molar-refractivity contribution in [2.24, 2.45) is 0 Å². The summed E-state index contributed by atoms with van der Waals surface area (Å²) < 4.78 is 11.3. The van der Waals surface area contributed by atoms with Crippen LogP contribution in [0.3, 0.4) is 0 Å². The molecule has 0 saturated heterocycles. The van der Waals surface area contributed by atoms with Gasteiger partial charge in [-0.1, -0.05) is 47.5 Å². The average Bonchev–Trinajstić information content (AvgIpc) is 2.69. The van der Waals surface area contributed by atoms with Crippen LogP contribution in [0.1, 0.15) is 16.8 Å². The fraction of sp³-hybridized carbons (Fsp3) is 0.190. The van der Waals surface area contributed by atoms with Crippen molar-refractivity contribution in [3.05, 3.63) is 87.7 Å². The molecule has 0 atom stereocenters. The Bertz CT molecular complexity index is 889. The minimum Gasteiger partial charge on any atom is -0.493 e. The summed E-state index contributed by atoms with van der Waals surface area (Å²) in [6.45, 7) is 1.59. The highest BCUT2D eigenvalue weighted by Crippen LogP contribution is 2.34. The second kappa shape index (κ2) is 9.60. The van der Waals surface area contributed by atoms with E-state index >= 15 is 0 Å². The van der Waals surface area contributed by atoms with Crippen molar-refractivity contribution in [2.45, 2.75) is 19.7 Å². The summed E-state index contributed by atoms with van der Waals surface area (Å²) in [5, 5.41) is 4.61. The van der Waals surface area contributed by atoms with Gasteiger partial charge in [0, 0.05) is 41.0 Å². The number of methoxy groups -OCH3 is 1. The van der Waals surface area contributed by atoms with Gasteiger partial charge in [0.2, 0.25) is 0 Å². The number of pyridine rings is 1. The molecule has 3 rings (SSSR count). The average molecular weight is 403 g/mol. The molecule has 27 heavy (non-hydrogen) atoms. The molecule has 0 aliphatic heterocycles. The molecule has 0 aliphatic carbocycles. The molecule has 0 radical (unpaired) electrons. The molecule has 0 fully saturated rings. The minimum atomic E-state index is 0.337. The highest BCUT2D eigenvalue weighted by Gasteiger charge is 2.11. The van der Waals surface area contributed by atoms with Crippen LogP contribution in [0.25, 0.3) is 0 Å². The van der Waals surface area contributed by atoms with E-state index in [2.05, 4.69) is 10.3 Å². The second-order valence-corrected chi connectivity index (χ2v) is 6.71. The fourth-order valence-corrected chi connectivity index (χ4v) is 2.99. The molecule has 4 nitrogen and oxygen atoms in total. The first-order valence-corrected chi connectivity index (χ1v) is 9.26. The van der Waals surface area contributed by atoms with Crippen molar-refractivity contribution in [3.63, 3.8) is 0 Å². The molecular weight excluding hydrogens is 383 g/mol. The Kier molecular flexibility index (Phi) is 6.93. The van der Waals surface area contributed by atoms with Crippen LogP contribution in [0.5, 0.6) is 11.5 Å². The van der Waals surface area contributed by atoms with E-state index in [1.54, 1.807) is 19.4 Å². The SMILES string of the molecule is COc1cc(CNCc2ccccn2)c(Cl)cc1OCc1ccccc1Cl. The summed E-state index contributed by atoms with van der Waals surface area (Å²) in [5.41, 5.74) is 2.80. The summed E-state index contributed by atoms with van der Waals surface area (Å²) in [5.74, 6) is 1.21. The van der Waals surface area contributed by atoms with E-state index in [1.165, 1.54) is 0 Å². The topological polar surface area (TPSA) is 43.4 Å². The van der Waals surface area contributed by atoms with Crippen LogP contribution in [0, 0.1) is 0 Å². The Morgan fingerprint density at radius 3 is 2.44 bits per heavy atom. The van der Waals surface area contributed by atoms with Crippen molar-refractivity contribution in [1.29, 1.82) is 0 Å². The number of halogens is 2. The molecule has 0 bridgehead atoms. The van der Waals surface area contributed by atoms with Gasteiger partial charge in [-0.05, 0) is 29.8 Å². The molecule has 0 saturated carbocycles. The zero-order valence-electron chi connectivity index (χ0n) is 14.9. The Labute approximate surface area is 169 Å². The monoisotopic (exact) mass is 402 g/mol. The van der Waals surface area contributed by atoms with Crippen LogP contribution >= 0.6 is 23.2 Å². The molecule has 140 valence electrons. The van der Waals surface area contributed by atoms with Crippen LogP contribution in [0.4, 0.5) is 0 Å². The Morgan fingerprint density at radius 1 is 0.889 bits per heavy atom. The summed E-state index contributed by atoms with van der Waals surface area (Å²) >= 11 is 12.6. The van der Waals surface area contributed by atoms with Crippen molar-refractivity contribution in [1.82, 2.24) is 10.3 Å². The third kappa shape index (κ3) is 5.36. The van der Waals surface area contributed by atoms with Crippen LogP contribution in [0.2, 0.25) is 10.0 Å². The molecule has 0 aliphatic rings. The normalized spacial score (nSPS) is 10.6. The number of benzene rings is 2. The molecule has 6 heteroatoms. The molecule has 0 spiro atoms. The number of ether oxygens (including phenoxy) is 2. The van der Waals surface area contributed by atoms with Crippen molar-refractivity contribution in [3.8, 4) is 11.5 Å². The lowest BCUT2D eigenvalue weighted by molar-refractivity contribution is 0.284. The number of hydrogen-bond acceptors (Lipinski definition) is 4. The van der Waals surface area contributed by atoms with Crippen LogP contribution in [0.15, 0.2) is 60.8 Å². The Hall–Kier alpha value is -2.27. The van der Waals surface area contributed by atoms with Crippen LogP contribution in [-0.2, 0) is 19.7 Å². The smallest absolute Gasteiger partial charge is 0.163 e. The third-order valence-corrected chi connectivity index (χ3v) is 4.74. The van der Waals surface area contributed by atoms with E-state index in [4.69, 9.17) is 32.7 Å². The predicted molar refractivity (Wildman–Crippen MR) is 109 cm³/mol. The number of nitrogens with one attached hydrogen (secondary N) is 1. The molecule has 0 amide bonds. The standard InChI is InChI=1S/C21H20Cl2N2O2/c1-26-20-10-16(12-24-13-17-7-4-5-9-25-17)19(23)11-21(20)27-14-15-6-2-3-8-18(15)22/h2-11,24H,12-14H2,1H3. The summed E-state index contributed by atoms with van der Waals surface area (Å²) in [6, 6.07) is 17.1. The molecule has 1 N–H and O–H groups in total. The maximum Gasteiger partial charge on any atom is 0.163 e. The number of hydrogen-bond donors (Lipinski definition) is 1. The third-order valence-electron chi connectivity index (χ3n) is 4.02. The summed E-state index contributed by atoms with van der Waals surface area (Å²) in [7, 11) is 1.61. The molecular formula is C21H20Cl2N2O2. The predicted octanol–water partition coefficient (Wildman–Crippen LogP) is 5.27. The van der Waals surface area contributed by atoms with E-state index in [9.17, 15) is 0 Å².